The summed E-state index contributed by atoms with van der Waals surface area (Å²) in [7, 11) is 0. The van der Waals surface area contributed by atoms with Gasteiger partial charge in [0, 0.05) is 23.4 Å². The molecular formula is C17H18FN7O2S. The fraction of sp³-hybridized carbons (Fsp3) is 0.294. The maximum absolute atomic E-state index is 14.1. The highest BCUT2D eigenvalue weighted by Crippen LogP contribution is 2.19. The Kier molecular flexibility index (Phi) is 5.83. The summed E-state index contributed by atoms with van der Waals surface area (Å²) in [5.41, 5.74) is 1.35. The minimum atomic E-state index is -0.518. The monoisotopic (exact) mass is 403 g/mol. The van der Waals surface area contributed by atoms with Crippen molar-refractivity contribution in [1.82, 2.24) is 30.2 Å². The maximum Gasteiger partial charge on any atom is 0.254 e. The molecule has 0 radical (unpaired) electrons. The molecule has 1 amide bonds. The highest BCUT2D eigenvalue weighted by Gasteiger charge is 2.13. The predicted molar refractivity (Wildman–Crippen MR) is 102 cm³/mol. The number of amides is 1. The number of aromatic amines is 1. The van der Waals surface area contributed by atoms with E-state index in [-0.39, 0.29) is 30.0 Å². The SMILES string of the molecule is CSc1nc(C)c(CCC(=O)Nc2ccc(F)c(-n3nnnc3C)c2)c(=O)[nH]1. The summed E-state index contributed by atoms with van der Waals surface area (Å²) in [6, 6.07) is 4.12. The minimum absolute atomic E-state index is 0.0842. The van der Waals surface area contributed by atoms with Gasteiger partial charge in [0.15, 0.2) is 11.0 Å². The number of halogens is 1. The fourth-order valence-electron chi connectivity index (χ4n) is 2.64. The Morgan fingerprint density at radius 2 is 2.14 bits per heavy atom. The van der Waals surface area contributed by atoms with Crippen LogP contribution in [0.25, 0.3) is 5.69 Å². The predicted octanol–water partition coefficient (Wildman–Crippen LogP) is 1.79. The number of carbonyl (C=O) groups excluding carboxylic acids is 1. The van der Waals surface area contributed by atoms with Gasteiger partial charge in [0.1, 0.15) is 11.5 Å². The fourth-order valence-corrected chi connectivity index (χ4v) is 3.07. The van der Waals surface area contributed by atoms with Gasteiger partial charge < -0.3 is 10.3 Å². The molecule has 2 aromatic heterocycles. The number of hydrogen-bond donors (Lipinski definition) is 2. The number of benzene rings is 1. The second-order valence-electron chi connectivity index (χ2n) is 5.99. The van der Waals surface area contributed by atoms with E-state index >= 15 is 0 Å². The van der Waals surface area contributed by atoms with Crippen molar-refractivity contribution < 1.29 is 9.18 Å². The number of nitrogens with zero attached hydrogens (tertiary/aromatic N) is 5. The van der Waals surface area contributed by atoms with Gasteiger partial charge in [-0.2, -0.15) is 4.68 Å². The van der Waals surface area contributed by atoms with Crippen LogP contribution in [0.15, 0.2) is 28.2 Å². The first-order valence-electron chi connectivity index (χ1n) is 8.37. The van der Waals surface area contributed by atoms with Gasteiger partial charge in [-0.15, -0.1) is 5.10 Å². The van der Waals surface area contributed by atoms with Gasteiger partial charge in [-0.3, -0.25) is 9.59 Å². The summed E-state index contributed by atoms with van der Waals surface area (Å²) < 4.78 is 15.3. The average molecular weight is 403 g/mol. The molecule has 0 saturated carbocycles. The van der Waals surface area contributed by atoms with Gasteiger partial charge in [-0.25, -0.2) is 9.37 Å². The van der Waals surface area contributed by atoms with Crippen LogP contribution in [0.4, 0.5) is 10.1 Å². The molecule has 0 saturated heterocycles. The van der Waals surface area contributed by atoms with Crippen LogP contribution in [0.3, 0.4) is 0 Å². The Morgan fingerprint density at radius 1 is 1.36 bits per heavy atom. The number of aryl methyl sites for hydroxylation is 2. The van der Waals surface area contributed by atoms with Crippen LogP contribution in [0.1, 0.15) is 23.5 Å². The van der Waals surface area contributed by atoms with Crippen molar-refractivity contribution >= 4 is 23.4 Å². The normalized spacial score (nSPS) is 10.9. The van der Waals surface area contributed by atoms with E-state index in [1.807, 2.05) is 6.26 Å². The molecule has 0 spiro atoms. The largest absolute Gasteiger partial charge is 0.326 e. The molecule has 0 unspecified atom stereocenters. The second-order valence-corrected chi connectivity index (χ2v) is 6.79. The van der Waals surface area contributed by atoms with Crippen molar-refractivity contribution in [2.75, 3.05) is 11.6 Å². The highest BCUT2D eigenvalue weighted by molar-refractivity contribution is 7.98. The van der Waals surface area contributed by atoms with E-state index in [1.165, 1.54) is 34.6 Å². The molecule has 1 aromatic carbocycles. The van der Waals surface area contributed by atoms with E-state index in [1.54, 1.807) is 13.8 Å². The summed E-state index contributed by atoms with van der Waals surface area (Å²) in [6.45, 7) is 3.38. The van der Waals surface area contributed by atoms with E-state index in [4.69, 9.17) is 0 Å². The molecular weight excluding hydrogens is 385 g/mol. The summed E-state index contributed by atoms with van der Waals surface area (Å²) in [6.07, 6.45) is 2.15. The smallest absolute Gasteiger partial charge is 0.254 e. The number of nitrogens with one attached hydrogen (secondary N) is 2. The van der Waals surface area contributed by atoms with Gasteiger partial charge in [0.2, 0.25) is 5.91 Å². The van der Waals surface area contributed by atoms with E-state index in [0.29, 0.717) is 27.9 Å². The number of hydrogen-bond acceptors (Lipinski definition) is 7. The van der Waals surface area contributed by atoms with Gasteiger partial charge in [-0.1, -0.05) is 11.8 Å². The third-order valence-corrected chi connectivity index (χ3v) is 4.66. The third-order valence-electron chi connectivity index (χ3n) is 4.08. The molecule has 0 aliphatic heterocycles. The Morgan fingerprint density at radius 3 is 2.79 bits per heavy atom. The first-order valence-corrected chi connectivity index (χ1v) is 9.60. The van der Waals surface area contributed by atoms with Crippen molar-refractivity contribution in [2.24, 2.45) is 0 Å². The molecule has 9 nitrogen and oxygen atoms in total. The van der Waals surface area contributed by atoms with E-state index in [0.717, 1.165) is 0 Å². The van der Waals surface area contributed by atoms with Gasteiger partial charge in [-0.05, 0) is 55.1 Å². The topological polar surface area (TPSA) is 118 Å². The zero-order chi connectivity index (χ0) is 20.3. The van der Waals surface area contributed by atoms with E-state index in [9.17, 15) is 14.0 Å². The van der Waals surface area contributed by atoms with Crippen molar-refractivity contribution in [1.29, 1.82) is 0 Å². The summed E-state index contributed by atoms with van der Waals surface area (Å²) in [5.74, 6) is -0.410. The molecule has 2 N–H and O–H groups in total. The first kappa shape index (κ1) is 19.7. The molecule has 2 heterocycles. The lowest BCUT2D eigenvalue weighted by Crippen LogP contribution is -2.20. The van der Waals surface area contributed by atoms with Crippen LogP contribution in [0.5, 0.6) is 0 Å². The third kappa shape index (κ3) is 4.25. The Balaban J connectivity index is 1.71. The van der Waals surface area contributed by atoms with Crippen LogP contribution in [-0.2, 0) is 11.2 Å². The van der Waals surface area contributed by atoms with Gasteiger partial charge >= 0.3 is 0 Å². The number of thioether (sulfide) groups is 1. The van der Waals surface area contributed by atoms with E-state index < -0.39 is 5.82 Å². The van der Waals surface area contributed by atoms with Gasteiger partial charge in [0.05, 0.1) is 0 Å². The minimum Gasteiger partial charge on any atom is -0.326 e. The lowest BCUT2D eigenvalue weighted by Gasteiger charge is -2.09. The number of tetrazole rings is 1. The zero-order valence-corrected chi connectivity index (χ0v) is 16.3. The van der Waals surface area contributed by atoms with Crippen molar-refractivity contribution in [3.8, 4) is 5.69 Å². The quantitative estimate of drug-likeness (QED) is 0.476. The zero-order valence-electron chi connectivity index (χ0n) is 15.5. The number of H-pyrrole nitrogens is 1. The first-order chi connectivity index (χ1) is 13.4. The number of aromatic nitrogens is 6. The standard InChI is InChI=1S/C17H18FN7O2S/c1-9-12(16(27)21-17(19-9)28-3)5-7-15(26)20-11-4-6-13(18)14(8-11)25-10(2)22-23-24-25/h4,6,8H,5,7H2,1-3H3,(H,20,26)(H,19,21,27). The average Bonchev–Trinajstić information content (AvgIpc) is 3.08. The van der Waals surface area contributed by atoms with Crippen LogP contribution in [0, 0.1) is 19.7 Å². The molecule has 0 atom stereocenters. The molecule has 3 aromatic rings. The molecule has 28 heavy (non-hydrogen) atoms. The molecule has 0 bridgehead atoms. The van der Waals surface area contributed by atoms with Crippen LogP contribution in [0.2, 0.25) is 0 Å². The molecule has 0 aliphatic rings. The molecule has 11 heteroatoms. The molecule has 0 aliphatic carbocycles. The van der Waals surface area contributed by atoms with Crippen LogP contribution >= 0.6 is 11.8 Å². The number of anilines is 1. The maximum atomic E-state index is 14.1. The summed E-state index contributed by atoms with van der Waals surface area (Å²) >= 11 is 1.34. The highest BCUT2D eigenvalue weighted by atomic mass is 32.2. The molecule has 146 valence electrons. The lowest BCUT2D eigenvalue weighted by molar-refractivity contribution is -0.116. The van der Waals surface area contributed by atoms with Crippen LogP contribution in [-0.4, -0.2) is 42.3 Å². The molecule has 0 fully saturated rings. The Bertz CT molecular complexity index is 1080. The van der Waals surface area contributed by atoms with Crippen molar-refractivity contribution in [3.05, 3.63) is 51.5 Å². The summed E-state index contributed by atoms with van der Waals surface area (Å²) in [4.78, 5) is 31.4. The van der Waals surface area contributed by atoms with Crippen molar-refractivity contribution in [2.45, 2.75) is 31.8 Å². The lowest BCUT2D eigenvalue weighted by atomic mass is 10.1. The second kappa shape index (κ2) is 8.30. The Hall–Kier alpha value is -3.08. The van der Waals surface area contributed by atoms with Crippen LogP contribution < -0.4 is 10.9 Å². The molecule has 3 rings (SSSR count). The number of rotatable bonds is 6. The van der Waals surface area contributed by atoms with E-state index in [2.05, 4.69) is 30.8 Å². The Labute approximate surface area is 163 Å². The number of carbonyl (C=O) groups is 1. The summed E-state index contributed by atoms with van der Waals surface area (Å²) in [5, 5.41) is 14.2. The van der Waals surface area contributed by atoms with Gasteiger partial charge in [0.25, 0.3) is 5.56 Å². The van der Waals surface area contributed by atoms with Crippen molar-refractivity contribution in [3.63, 3.8) is 0 Å².